The quantitative estimate of drug-likeness (QED) is 0.819. The highest BCUT2D eigenvalue weighted by Gasteiger charge is 2.15. The Morgan fingerprint density at radius 1 is 1.33 bits per heavy atom. The third-order valence-corrected chi connectivity index (χ3v) is 3.76. The first-order valence-electron chi connectivity index (χ1n) is 7.63. The van der Waals surface area contributed by atoms with Crippen molar-refractivity contribution >= 4 is 5.91 Å². The summed E-state index contributed by atoms with van der Waals surface area (Å²) in [6.45, 7) is 8.51. The van der Waals surface area contributed by atoms with Crippen LogP contribution < -0.4 is 5.32 Å². The van der Waals surface area contributed by atoms with Crippen molar-refractivity contribution in [3.63, 3.8) is 0 Å². The largest absolute Gasteiger partial charge is 0.377 e. The monoisotopic (exact) mass is 291 g/mol. The number of rotatable bonds is 6. The molecule has 0 spiro atoms. The van der Waals surface area contributed by atoms with E-state index in [1.165, 1.54) is 5.56 Å². The van der Waals surface area contributed by atoms with Gasteiger partial charge in [0.2, 0.25) is 0 Å². The van der Waals surface area contributed by atoms with Crippen LogP contribution in [0.3, 0.4) is 0 Å². The zero-order chi connectivity index (χ0) is 15.2. The number of nitrogens with one attached hydrogen (secondary N) is 1. The molecule has 1 heterocycles. The molecule has 1 atom stereocenters. The molecule has 0 bridgehead atoms. The van der Waals surface area contributed by atoms with Gasteiger partial charge >= 0.3 is 0 Å². The van der Waals surface area contributed by atoms with E-state index in [0.717, 1.165) is 36.1 Å². The van der Waals surface area contributed by atoms with E-state index in [4.69, 9.17) is 9.47 Å². The van der Waals surface area contributed by atoms with E-state index in [1.54, 1.807) is 0 Å². The van der Waals surface area contributed by atoms with Crippen LogP contribution in [-0.4, -0.2) is 38.4 Å². The highest BCUT2D eigenvalue weighted by Crippen LogP contribution is 2.16. The summed E-state index contributed by atoms with van der Waals surface area (Å²) in [4.78, 5) is 12.2. The number of ether oxygens (including phenoxy) is 2. The Hall–Kier alpha value is -1.39. The Bertz CT molecular complexity index is 470. The molecule has 1 amide bonds. The van der Waals surface area contributed by atoms with Crippen LogP contribution >= 0.6 is 0 Å². The third kappa shape index (κ3) is 4.55. The van der Waals surface area contributed by atoms with Gasteiger partial charge in [-0.3, -0.25) is 4.79 Å². The maximum absolute atomic E-state index is 12.2. The van der Waals surface area contributed by atoms with E-state index in [-0.39, 0.29) is 12.0 Å². The molecule has 21 heavy (non-hydrogen) atoms. The predicted octanol–water partition coefficient (Wildman–Crippen LogP) is 2.54. The topological polar surface area (TPSA) is 47.6 Å². The highest BCUT2D eigenvalue weighted by atomic mass is 16.5. The average Bonchev–Trinajstić information content (AvgIpc) is 2.90. The van der Waals surface area contributed by atoms with Gasteiger partial charge in [-0.2, -0.15) is 0 Å². The summed E-state index contributed by atoms with van der Waals surface area (Å²) in [6, 6.07) is 4.08. The molecule has 1 saturated heterocycles. The minimum Gasteiger partial charge on any atom is -0.377 e. The van der Waals surface area contributed by atoms with Gasteiger partial charge in [-0.25, -0.2) is 0 Å². The maximum atomic E-state index is 12.2. The van der Waals surface area contributed by atoms with Gasteiger partial charge in [0.15, 0.2) is 0 Å². The minimum absolute atomic E-state index is 0.0225. The normalized spacial score (nSPS) is 18.0. The van der Waals surface area contributed by atoms with Gasteiger partial charge in [0.1, 0.15) is 0 Å². The van der Waals surface area contributed by atoms with E-state index < -0.39 is 0 Å². The summed E-state index contributed by atoms with van der Waals surface area (Å²) in [7, 11) is 0. The summed E-state index contributed by atoms with van der Waals surface area (Å²) in [5.74, 6) is -0.0225. The van der Waals surface area contributed by atoms with Crippen LogP contribution in [-0.2, 0) is 9.47 Å². The van der Waals surface area contributed by atoms with Gasteiger partial charge in [0.05, 0.1) is 19.3 Å². The molecule has 0 radical (unpaired) electrons. The standard InChI is InChI=1S/C17H25NO3/c1-12-9-13(2)16(14(3)10-12)17(19)18-6-8-20-11-15-5-4-7-21-15/h9-10,15H,4-8,11H2,1-3H3,(H,18,19). The average molecular weight is 291 g/mol. The maximum Gasteiger partial charge on any atom is 0.251 e. The molecule has 1 aliphatic rings. The second kappa shape index (κ2) is 7.57. The predicted molar refractivity (Wildman–Crippen MR) is 82.8 cm³/mol. The number of benzene rings is 1. The van der Waals surface area contributed by atoms with Crippen LogP contribution in [0.2, 0.25) is 0 Å². The molecule has 116 valence electrons. The first-order valence-corrected chi connectivity index (χ1v) is 7.63. The highest BCUT2D eigenvalue weighted by molar-refractivity contribution is 5.97. The number of hydrogen-bond acceptors (Lipinski definition) is 3. The number of amides is 1. The fourth-order valence-corrected chi connectivity index (χ4v) is 2.85. The summed E-state index contributed by atoms with van der Waals surface area (Å²) >= 11 is 0. The molecule has 1 N–H and O–H groups in total. The van der Waals surface area contributed by atoms with Crippen molar-refractivity contribution in [1.29, 1.82) is 0 Å². The second-order valence-corrected chi connectivity index (χ2v) is 5.74. The molecule has 1 fully saturated rings. The molecule has 1 aliphatic heterocycles. The van der Waals surface area contributed by atoms with Crippen molar-refractivity contribution in [2.45, 2.75) is 39.7 Å². The van der Waals surface area contributed by atoms with E-state index >= 15 is 0 Å². The number of carbonyl (C=O) groups is 1. The van der Waals surface area contributed by atoms with E-state index in [9.17, 15) is 4.79 Å². The molecule has 2 rings (SSSR count). The van der Waals surface area contributed by atoms with Crippen molar-refractivity contribution in [2.24, 2.45) is 0 Å². The van der Waals surface area contributed by atoms with Crippen LogP contribution in [0.4, 0.5) is 0 Å². The second-order valence-electron chi connectivity index (χ2n) is 5.74. The molecule has 0 aliphatic carbocycles. The molecule has 1 aromatic carbocycles. The Morgan fingerprint density at radius 3 is 2.67 bits per heavy atom. The number of aryl methyl sites for hydroxylation is 3. The summed E-state index contributed by atoms with van der Waals surface area (Å²) in [5.41, 5.74) is 4.00. The first kappa shape index (κ1) is 16.0. The summed E-state index contributed by atoms with van der Waals surface area (Å²) in [6.07, 6.45) is 2.44. The molecule has 0 aromatic heterocycles. The molecule has 4 heteroatoms. The van der Waals surface area contributed by atoms with Gasteiger partial charge in [0.25, 0.3) is 5.91 Å². The lowest BCUT2D eigenvalue weighted by atomic mass is 9.99. The fourth-order valence-electron chi connectivity index (χ4n) is 2.85. The molecule has 1 unspecified atom stereocenters. The van der Waals surface area contributed by atoms with Crippen molar-refractivity contribution < 1.29 is 14.3 Å². The van der Waals surface area contributed by atoms with Crippen LogP contribution in [0.5, 0.6) is 0 Å². The Morgan fingerprint density at radius 2 is 2.05 bits per heavy atom. The summed E-state index contributed by atoms with van der Waals surface area (Å²) in [5, 5.41) is 2.92. The van der Waals surface area contributed by atoms with Gasteiger partial charge in [-0.1, -0.05) is 17.7 Å². The zero-order valence-electron chi connectivity index (χ0n) is 13.2. The molecular weight excluding hydrogens is 266 g/mol. The van der Waals surface area contributed by atoms with Crippen molar-refractivity contribution in [3.8, 4) is 0 Å². The molecule has 0 saturated carbocycles. The Balaban J connectivity index is 1.74. The van der Waals surface area contributed by atoms with Crippen LogP contribution in [0.15, 0.2) is 12.1 Å². The molecule has 1 aromatic rings. The van der Waals surface area contributed by atoms with Crippen molar-refractivity contribution in [3.05, 3.63) is 34.4 Å². The van der Waals surface area contributed by atoms with Gasteiger partial charge in [0, 0.05) is 18.7 Å². The number of hydrogen-bond donors (Lipinski definition) is 1. The van der Waals surface area contributed by atoms with Crippen LogP contribution in [0.25, 0.3) is 0 Å². The van der Waals surface area contributed by atoms with Crippen molar-refractivity contribution in [2.75, 3.05) is 26.4 Å². The fraction of sp³-hybridized carbons (Fsp3) is 0.588. The van der Waals surface area contributed by atoms with Crippen LogP contribution in [0.1, 0.15) is 39.9 Å². The first-order chi connectivity index (χ1) is 10.1. The smallest absolute Gasteiger partial charge is 0.251 e. The minimum atomic E-state index is -0.0225. The lowest BCUT2D eigenvalue weighted by molar-refractivity contribution is 0.0183. The van der Waals surface area contributed by atoms with Gasteiger partial charge in [-0.05, 0) is 44.7 Å². The van der Waals surface area contributed by atoms with Gasteiger partial charge < -0.3 is 14.8 Å². The Labute approximate surface area is 126 Å². The van der Waals surface area contributed by atoms with Crippen LogP contribution in [0, 0.1) is 20.8 Å². The molecule has 4 nitrogen and oxygen atoms in total. The lowest BCUT2D eigenvalue weighted by Crippen LogP contribution is -2.29. The lowest BCUT2D eigenvalue weighted by Gasteiger charge is -2.13. The third-order valence-electron chi connectivity index (χ3n) is 3.76. The summed E-state index contributed by atoms with van der Waals surface area (Å²) < 4.78 is 11.0. The SMILES string of the molecule is Cc1cc(C)c(C(=O)NCCOCC2CCCO2)c(C)c1. The van der Waals surface area contributed by atoms with E-state index in [2.05, 4.69) is 5.32 Å². The Kier molecular flexibility index (Phi) is 5.76. The van der Waals surface area contributed by atoms with Crippen molar-refractivity contribution in [1.82, 2.24) is 5.32 Å². The molecular formula is C17H25NO3. The zero-order valence-corrected chi connectivity index (χ0v) is 13.2. The number of carbonyl (C=O) groups excluding carboxylic acids is 1. The van der Waals surface area contributed by atoms with Gasteiger partial charge in [-0.15, -0.1) is 0 Å². The van der Waals surface area contributed by atoms with E-state index in [1.807, 2.05) is 32.9 Å². The van der Waals surface area contributed by atoms with E-state index in [0.29, 0.717) is 19.8 Å².